The summed E-state index contributed by atoms with van der Waals surface area (Å²) in [6.45, 7) is 1.83. The number of carbonyl (C=O) groups excluding carboxylic acids is 1. The van der Waals surface area contributed by atoms with E-state index in [0.717, 1.165) is 11.3 Å². The van der Waals surface area contributed by atoms with Crippen LogP contribution in [0.1, 0.15) is 22.2 Å². The Morgan fingerprint density at radius 2 is 2.29 bits per heavy atom. The number of hydrazone groups is 1. The van der Waals surface area contributed by atoms with Crippen LogP contribution in [0.15, 0.2) is 47.1 Å². The minimum Gasteiger partial charge on any atom is -0.266 e. The average molecular weight is 245 g/mol. The highest BCUT2D eigenvalue weighted by Crippen LogP contribution is 2.07. The molecule has 1 amide bonds. The Kier molecular flexibility index (Phi) is 3.62. The molecule has 86 valence electrons. The zero-order valence-corrected chi connectivity index (χ0v) is 10.1. The highest BCUT2D eigenvalue weighted by molar-refractivity contribution is 7.12. The topological polar surface area (TPSA) is 54.4 Å². The van der Waals surface area contributed by atoms with E-state index < -0.39 is 0 Å². The number of nitrogens with zero attached hydrogens (tertiary/aromatic N) is 2. The minimum absolute atomic E-state index is 0.191. The third-order valence-electron chi connectivity index (χ3n) is 2.15. The van der Waals surface area contributed by atoms with E-state index in [9.17, 15) is 4.79 Å². The van der Waals surface area contributed by atoms with Crippen LogP contribution in [0.2, 0.25) is 0 Å². The first kappa shape index (κ1) is 11.5. The molecule has 0 atom stereocenters. The quantitative estimate of drug-likeness (QED) is 0.666. The van der Waals surface area contributed by atoms with Crippen molar-refractivity contribution in [3.05, 3.63) is 52.5 Å². The van der Waals surface area contributed by atoms with E-state index in [0.29, 0.717) is 4.88 Å². The van der Waals surface area contributed by atoms with Gasteiger partial charge in [-0.3, -0.25) is 9.78 Å². The predicted molar refractivity (Wildman–Crippen MR) is 68.2 cm³/mol. The van der Waals surface area contributed by atoms with Gasteiger partial charge in [-0.1, -0.05) is 12.1 Å². The van der Waals surface area contributed by atoms with Gasteiger partial charge >= 0.3 is 0 Å². The molecule has 1 N–H and O–H groups in total. The average Bonchev–Trinajstić information content (AvgIpc) is 2.90. The van der Waals surface area contributed by atoms with Crippen molar-refractivity contribution in [3.8, 4) is 0 Å². The summed E-state index contributed by atoms with van der Waals surface area (Å²) in [5.74, 6) is -0.191. The first-order valence-corrected chi connectivity index (χ1v) is 5.94. The fourth-order valence-electron chi connectivity index (χ4n) is 1.24. The number of pyridine rings is 1. The molecule has 0 spiro atoms. The zero-order valence-electron chi connectivity index (χ0n) is 9.25. The van der Waals surface area contributed by atoms with Gasteiger partial charge in [0.15, 0.2) is 0 Å². The Bertz CT molecular complexity index is 520. The van der Waals surface area contributed by atoms with Gasteiger partial charge in [-0.15, -0.1) is 11.3 Å². The minimum atomic E-state index is -0.191. The van der Waals surface area contributed by atoms with Gasteiger partial charge in [-0.05, 0) is 24.4 Å². The number of amides is 1. The lowest BCUT2D eigenvalue weighted by atomic mass is 10.2. The van der Waals surface area contributed by atoms with Gasteiger partial charge in [-0.2, -0.15) is 5.10 Å². The van der Waals surface area contributed by atoms with E-state index >= 15 is 0 Å². The second-order valence-corrected chi connectivity index (χ2v) is 4.30. The van der Waals surface area contributed by atoms with Gasteiger partial charge < -0.3 is 0 Å². The second kappa shape index (κ2) is 5.36. The van der Waals surface area contributed by atoms with Crippen molar-refractivity contribution in [2.45, 2.75) is 6.92 Å². The fraction of sp³-hybridized carbons (Fsp3) is 0.0833. The summed E-state index contributed by atoms with van der Waals surface area (Å²) in [5, 5.41) is 5.89. The highest BCUT2D eigenvalue weighted by atomic mass is 32.1. The Morgan fingerprint density at radius 1 is 1.41 bits per heavy atom. The largest absolute Gasteiger partial charge is 0.281 e. The molecule has 0 aliphatic carbocycles. The second-order valence-electron chi connectivity index (χ2n) is 3.36. The van der Waals surface area contributed by atoms with Crippen LogP contribution < -0.4 is 5.43 Å². The molecule has 0 aliphatic rings. The maximum Gasteiger partial charge on any atom is 0.281 e. The van der Waals surface area contributed by atoms with E-state index in [-0.39, 0.29) is 5.91 Å². The molecule has 2 rings (SSSR count). The third kappa shape index (κ3) is 2.98. The number of aromatic nitrogens is 1. The van der Waals surface area contributed by atoms with E-state index in [2.05, 4.69) is 15.5 Å². The van der Waals surface area contributed by atoms with Gasteiger partial charge in [-0.25, -0.2) is 5.43 Å². The van der Waals surface area contributed by atoms with Crippen molar-refractivity contribution in [1.82, 2.24) is 10.4 Å². The molecule has 2 aromatic heterocycles. The smallest absolute Gasteiger partial charge is 0.266 e. The number of nitrogens with one attached hydrogen (secondary N) is 1. The third-order valence-corrected chi connectivity index (χ3v) is 3.02. The number of hydrogen-bond donors (Lipinski definition) is 1. The van der Waals surface area contributed by atoms with Gasteiger partial charge in [0.2, 0.25) is 0 Å². The molecule has 0 bridgehead atoms. The Labute approximate surface area is 103 Å². The van der Waals surface area contributed by atoms with Crippen LogP contribution in [0, 0.1) is 0 Å². The Hall–Kier alpha value is -2.01. The van der Waals surface area contributed by atoms with Crippen LogP contribution in [0.25, 0.3) is 0 Å². The summed E-state index contributed by atoms with van der Waals surface area (Å²) >= 11 is 1.38. The first-order chi connectivity index (χ1) is 8.27. The van der Waals surface area contributed by atoms with Crippen LogP contribution in [-0.4, -0.2) is 16.6 Å². The lowest BCUT2D eigenvalue weighted by Crippen LogP contribution is -2.18. The van der Waals surface area contributed by atoms with Gasteiger partial charge in [0.25, 0.3) is 5.91 Å². The number of carbonyl (C=O) groups is 1. The molecule has 4 nitrogen and oxygen atoms in total. The van der Waals surface area contributed by atoms with E-state index in [4.69, 9.17) is 0 Å². The first-order valence-electron chi connectivity index (χ1n) is 5.06. The molecular formula is C12H11N3OS. The van der Waals surface area contributed by atoms with Crippen molar-refractivity contribution in [3.63, 3.8) is 0 Å². The molecular weight excluding hydrogens is 234 g/mol. The molecule has 17 heavy (non-hydrogen) atoms. The summed E-state index contributed by atoms with van der Waals surface area (Å²) < 4.78 is 0. The SMILES string of the molecule is C/C(=N\NC(=O)c1cccs1)c1cccnc1. The van der Waals surface area contributed by atoms with Crippen molar-refractivity contribution < 1.29 is 4.79 Å². The number of thiophene rings is 1. The van der Waals surface area contributed by atoms with Crippen LogP contribution in [-0.2, 0) is 0 Å². The molecule has 0 radical (unpaired) electrons. The van der Waals surface area contributed by atoms with Crippen LogP contribution in [0.3, 0.4) is 0 Å². The standard InChI is InChI=1S/C12H11N3OS/c1-9(10-4-2-6-13-8-10)14-15-12(16)11-5-3-7-17-11/h2-8H,1H3,(H,15,16)/b14-9+. The number of hydrogen-bond acceptors (Lipinski definition) is 4. The highest BCUT2D eigenvalue weighted by Gasteiger charge is 2.05. The lowest BCUT2D eigenvalue weighted by molar-refractivity contribution is 0.0959. The fourth-order valence-corrected chi connectivity index (χ4v) is 1.85. The zero-order chi connectivity index (χ0) is 12.1. The van der Waals surface area contributed by atoms with Crippen molar-refractivity contribution in [1.29, 1.82) is 0 Å². The Morgan fingerprint density at radius 3 is 2.94 bits per heavy atom. The van der Waals surface area contributed by atoms with Gasteiger partial charge in [0.1, 0.15) is 0 Å². The summed E-state index contributed by atoms with van der Waals surface area (Å²) in [7, 11) is 0. The normalized spacial score (nSPS) is 11.2. The van der Waals surface area contributed by atoms with E-state index in [1.54, 1.807) is 18.5 Å². The maximum absolute atomic E-state index is 11.6. The van der Waals surface area contributed by atoms with Crippen molar-refractivity contribution in [2.75, 3.05) is 0 Å². The molecule has 0 saturated carbocycles. The molecule has 0 aliphatic heterocycles. The molecule has 0 aromatic carbocycles. The summed E-state index contributed by atoms with van der Waals surface area (Å²) in [6, 6.07) is 7.31. The van der Waals surface area contributed by atoms with E-state index in [1.165, 1.54) is 11.3 Å². The summed E-state index contributed by atoms with van der Waals surface area (Å²) in [4.78, 5) is 16.3. The van der Waals surface area contributed by atoms with Gasteiger partial charge in [0, 0.05) is 18.0 Å². The van der Waals surface area contributed by atoms with Crippen LogP contribution in [0.5, 0.6) is 0 Å². The van der Waals surface area contributed by atoms with Crippen LogP contribution >= 0.6 is 11.3 Å². The molecule has 0 unspecified atom stereocenters. The monoisotopic (exact) mass is 245 g/mol. The summed E-state index contributed by atoms with van der Waals surface area (Å²) in [6.07, 6.45) is 3.40. The lowest BCUT2D eigenvalue weighted by Gasteiger charge is -2.00. The maximum atomic E-state index is 11.6. The number of rotatable bonds is 3. The summed E-state index contributed by atoms with van der Waals surface area (Å²) in [5.41, 5.74) is 4.13. The van der Waals surface area contributed by atoms with E-state index in [1.807, 2.05) is 30.5 Å². The predicted octanol–water partition coefficient (Wildman–Crippen LogP) is 2.30. The molecule has 2 heterocycles. The molecule has 0 saturated heterocycles. The van der Waals surface area contributed by atoms with Crippen molar-refractivity contribution in [2.24, 2.45) is 5.10 Å². The molecule has 2 aromatic rings. The molecule has 0 fully saturated rings. The molecule has 5 heteroatoms. The Balaban J connectivity index is 2.04. The van der Waals surface area contributed by atoms with Crippen molar-refractivity contribution >= 4 is 23.0 Å². The van der Waals surface area contributed by atoms with Crippen LogP contribution in [0.4, 0.5) is 0 Å². The van der Waals surface area contributed by atoms with Gasteiger partial charge in [0.05, 0.1) is 10.6 Å².